The van der Waals surface area contributed by atoms with Gasteiger partial charge in [0.05, 0.1) is 7.11 Å². The van der Waals surface area contributed by atoms with Crippen LogP contribution in [0.3, 0.4) is 0 Å². The summed E-state index contributed by atoms with van der Waals surface area (Å²) in [6.07, 6.45) is 0. The lowest BCUT2D eigenvalue weighted by Crippen LogP contribution is -2.50. The largest absolute Gasteiger partial charge is 0.497 e. The molecule has 1 heterocycles. The summed E-state index contributed by atoms with van der Waals surface area (Å²) in [5.74, 6) is 0.571. The number of nitrogens with two attached hydrogens (primary N) is 1. The summed E-state index contributed by atoms with van der Waals surface area (Å²) >= 11 is 0. The Morgan fingerprint density at radius 3 is 2.22 bits per heavy atom. The van der Waals surface area contributed by atoms with Crippen LogP contribution >= 0.6 is 12.4 Å². The summed E-state index contributed by atoms with van der Waals surface area (Å²) in [7, 11) is 1.58. The number of nitrogens with zero attached hydrogens (tertiary/aromatic N) is 2. The highest BCUT2D eigenvalue weighted by Gasteiger charge is 2.26. The first kappa shape index (κ1) is 20.6. The van der Waals surface area contributed by atoms with Gasteiger partial charge in [-0.25, -0.2) is 0 Å². The lowest BCUT2D eigenvalue weighted by atomic mass is 10.1. The number of rotatable bonds is 3. The smallest absolute Gasteiger partial charge is 0.254 e. The Morgan fingerprint density at radius 1 is 0.963 bits per heavy atom. The average molecular weight is 390 g/mol. The Kier molecular flexibility index (Phi) is 6.69. The fourth-order valence-electron chi connectivity index (χ4n) is 3.09. The van der Waals surface area contributed by atoms with Gasteiger partial charge in [-0.3, -0.25) is 9.59 Å². The second-order valence-electron chi connectivity index (χ2n) is 6.39. The van der Waals surface area contributed by atoms with Crippen LogP contribution in [0.1, 0.15) is 26.3 Å². The van der Waals surface area contributed by atoms with Gasteiger partial charge in [0.1, 0.15) is 5.75 Å². The number of benzene rings is 2. The van der Waals surface area contributed by atoms with Crippen LogP contribution in [-0.2, 0) is 0 Å². The van der Waals surface area contributed by atoms with Crippen molar-refractivity contribution < 1.29 is 14.3 Å². The number of amides is 2. The number of nitrogen functional groups attached to an aromatic ring is 1. The van der Waals surface area contributed by atoms with Gasteiger partial charge in [0, 0.05) is 43.0 Å². The number of piperazine rings is 1. The summed E-state index contributed by atoms with van der Waals surface area (Å²) in [5, 5.41) is 0. The van der Waals surface area contributed by atoms with E-state index >= 15 is 0 Å². The molecule has 0 spiro atoms. The number of anilines is 1. The fourth-order valence-corrected chi connectivity index (χ4v) is 3.09. The van der Waals surface area contributed by atoms with E-state index in [1.165, 1.54) is 0 Å². The van der Waals surface area contributed by atoms with Gasteiger partial charge in [0.2, 0.25) is 0 Å². The molecule has 0 aliphatic carbocycles. The summed E-state index contributed by atoms with van der Waals surface area (Å²) in [6.45, 7) is 3.91. The second-order valence-corrected chi connectivity index (χ2v) is 6.39. The molecule has 1 aliphatic heterocycles. The number of aryl methyl sites for hydroxylation is 1. The normalized spacial score (nSPS) is 13.7. The van der Waals surface area contributed by atoms with Gasteiger partial charge >= 0.3 is 0 Å². The van der Waals surface area contributed by atoms with E-state index in [-0.39, 0.29) is 24.2 Å². The summed E-state index contributed by atoms with van der Waals surface area (Å²) < 4.78 is 5.18. The van der Waals surface area contributed by atoms with Crippen molar-refractivity contribution in [2.45, 2.75) is 6.92 Å². The Balaban J connectivity index is 0.00000261. The lowest BCUT2D eigenvalue weighted by Gasteiger charge is -2.35. The zero-order chi connectivity index (χ0) is 18.7. The predicted molar refractivity (Wildman–Crippen MR) is 108 cm³/mol. The molecular weight excluding hydrogens is 366 g/mol. The molecule has 2 aromatic rings. The van der Waals surface area contributed by atoms with Crippen molar-refractivity contribution in [1.29, 1.82) is 0 Å². The SMILES string of the molecule is COc1cccc(C(=O)N2CCN(C(=O)c3cc(N)ccc3C)CC2)c1.Cl. The molecule has 3 rings (SSSR count). The van der Waals surface area contributed by atoms with E-state index in [0.717, 1.165) is 5.56 Å². The van der Waals surface area contributed by atoms with Crippen LogP contribution in [-0.4, -0.2) is 54.9 Å². The van der Waals surface area contributed by atoms with Gasteiger partial charge < -0.3 is 20.3 Å². The van der Waals surface area contributed by atoms with E-state index < -0.39 is 0 Å². The van der Waals surface area contributed by atoms with Crippen LogP contribution in [0, 0.1) is 6.92 Å². The number of carbonyl (C=O) groups excluding carboxylic acids is 2. The van der Waals surface area contributed by atoms with E-state index in [1.807, 2.05) is 13.0 Å². The molecule has 0 atom stereocenters. The molecule has 1 fully saturated rings. The first-order chi connectivity index (χ1) is 12.5. The third-order valence-electron chi connectivity index (χ3n) is 4.66. The number of carbonyl (C=O) groups is 2. The average Bonchev–Trinajstić information content (AvgIpc) is 2.69. The molecule has 0 aromatic heterocycles. The highest BCUT2D eigenvalue weighted by molar-refractivity contribution is 5.97. The van der Waals surface area contributed by atoms with Crippen molar-refractivity contribution in [3.63, 3.8) is 0 Å². The van der Waals surface area contributed by atoms with Crippen molar-refractivity contribution in [1.82, 2.24) is 9.80 Å². The molecule has 6 nitrogen and oxygen atoms in total. The van der Waals surface area contributed by atoms with E-state index in [9.17, 15) is 9.59 Å². The van der Waals surface area contributed by atoms with Gasteiger partial charge in [-0.15, -0.1) is 12.4 Å². The van der Waals surface area contributed by atoms with Crippen molar-refractivity contribution in [2.75, 3.05) is 39.0 Å². The summed E-state index contributed by atoms with van der Waals surface area (Å²) in [6, 6.07) is 12.5. The number of hydrogen-bond donors (Lipinski definition) is 1. The van der Waals surface area contributed by atoms with Crippen LogP contribution in [0.2, 0.25) is 0 Å². The van der Waals surface area contributed by atoms with Crippen LogP contribution in [0.4, 0.5) is 5.69 Å². The molecular formula is C20H24ClN3O3. The zero-order valence-corrected chi connectivity index (χ0v) is 16.3. The monoisotopic (exact) mass is 389 g/mol. The van der Waals surface area contributed by atoms with Crippen LogP contribution in [0.25, 0.3) is 0 Å². The van der Waals surface area contributed by atoms with E-state index in [2.05, 4.69) is 0 Å². The Morgan fingerprint density at radius 2 is 1.59 bits per heavy atom. The summed E-state index contributed by atoms with van der Waals surface area (Å²) in [4.78, 5) is 29.0. The summed E-state index contributed by atoms with van der Waals surface area (Å²) in [5.41, 5.74) is 8.50. The minimum atomic E-state index is -0.0452. The molecule has 2 aromatic carbocycles. The molecule has 1 saturated heterocycles. The van der Waals surface area contributed by atoms with Crippen LogP contribution in [0.15, 0.2) is 42.5 Å². The first-order valence-corrected chi connectivity index (χ1v) is 8.58. The molecule has 2 N–H and O–H groups in total. The van der Waals surface area contributed by atoms with E-state index in [1.54, 1.807) is 53.3 Å². The molecule has 0 saturated carbocycles. The minimum Gasteiger partial charge on any atom is -0.497 e. The van der Waals surface area contributed by atoms with Gasteiger partial charge in [-0.1, -0.05) is 12.1 Å². The molecule has 0 bridgehead atoms. The predicted octanol–water partition coefficient (Wildman–Crippen LogP) is 2.61. The fraction of sp³-hybridized carbons (Fsp3) is 0.300. The quantitative estimate of drug-likeness (QED) is 0.819. The van der Waals surface area contributed by atoms with Crippen molar-refractivity contribution in [3.05, 3.63) is 59.2 Å². The van der Waals surface area contributed by atoms with Crippen LogP contribution < -0.4 is 10.5 Å². The Bertz CT molecular complexity index is 833. The van der Waals surface area contributed by atoms with Gasteiger partial charge in [-0.05, 0) is 42.8 Å². The number of ether oxygens (including phenoxy) is 1. The topological polar surface area (TPSA) is 75.9 Å². The molecule has 1 aliphatic rings. The van der Waals surface area contributed by atoms with Crippen molar-refractivity contribution in [2.24, 2.45) is 0 Å². The molecule has 7 heteroatoms. The van der Waals surface area contributed by atoms with Gasteiger partial charge in [0.15, 0.2) is 0 Å². The minimum absolute atomic E-state index is 0. The zero-order valence-electron chi connectivity index (χ0n) is 15.5. The number of hydrogen-bond acceptors (Lipinski definition) is 4. The molecule has 27 heavy (non-hydrogen) atoms. The maximum atomic E-state index is 12.8. The highest BCUT2D eigenvalue weighted by atomic mass is 35.5. The molecule has 0 unspecified atom stereocenters. The van der Waals surface area contributed by atoms with Crippen molar-refractivity contribution >= 4 is 29.9 Å². The standard InChI is InChI=1S/C20H23N3O3.ClH/c1-14-6-7-16(21)13-18(14)20(25)23-10-8-22(9-11-23)19(24)15-4-3-5-17(12-15)26-2;/h3-7,12-13H,8-11,21H2,1-2H3;1H. The van der Waals surface area contributed by atoms with Gasteiger partial charge in [0.25, 0.3) is 11.8 Å². The lowest BCUT2D eigenvalue weighted by molar-refractivity contribution is 0.0535. The maximum absolute atomic E-state index is 12.8. The van der Waals surface area contributed by atoms with Crippen LogP contribution in [0.5, 0.6) is 5.75 Å². The number of methoxy groups -OCH3 is 1. The van der Waals surface area contributed by atoms with E-state index in [0.29, 0.717) is 48.7 Å². The maximum Gasteiger partial charge on any atom is 0.254 e. The van der Waals surface area contributed by atoms with E-state index in [4.69, 9.17) is 10.5 Å². The third kappa shape index (κ3) is 4.52. The Labute approximate surface area is 165 Å². The second kappa shape index (κ2) is 8.77. The number of halogens is 1. The first-order valence-electron chi connectivity index (χ1n) is 8.58. The van der Waals surface area contributed by atoms with Gasteiger partial charge in [-0.2, -0.15) is 0 Å². The Hall–Kier alpha value is -2.73. The molecule has 144 valence electrons. The van der Waals surface area contributed by atoms with Crippen molar-refractivity contribution in [3.8, 4) is 5.75 Å². The third-order valence-corrected chi connectivity index (χ3v) is 4.66. The molecule has 0 radical (unpaired) electrons. The highest BCUT2D eigenvalue weighted by Crippen LogP contribution is 2.18. The molecule has 2 amide bonds.